The van der Waals surface area contributed by atoms with Crippen molar-refractivity contribution in [3.63, 3.8) is 0 Å². The molecular formula is C20H16ClN3S. The molecule has 25 heavy (non-hydrogen) atoms. The van der Waals surface area contributed by atoms with Crippen LogP contribution in [-0.4, -0.2) is 17.4 Å². The molecule has 1 aromatic heterocycles. The highest BCUT2D eigenvalue weighted by Gasteiger charge is 2.10. The summed E-state index contributed by atoms with van der Waals surface area (Å²) >= 11 is 7.62. The van der Waals surface area contributed by atoms with Gasteiger partial charge in [0.2, 0.25) is 0 Å². The van der Waals surface area contributed by atoms with Gasteiger partial charge in [0, 0.05) is 15.3 Å². The number of hydrogen-bond donors (Lipinski definition) is 1. The summed E-state index contributed by atoms with van der Waals surface area (Å²) in [5.41, 5.74) is 1.25. The van der Waals surface area contributed by atoms with Crippen molar-refractivity contribution >= 4 is 45.8 Å². The molecule has 0 amide bonds. The van der Waals surface area contributed by atoms with Crippen LogP contribution >= 0.6 is 23.4 Å². The number of nitrogens with one attached hydrogen (secondary N) is 1. The second-order valence-electron chi connectivity index (χ2n) is 5.91. The zero-order valence-electron chi connectivity index (χ0n) is 13.7. The third-order valence-corrected chi connectivity index (χ3v) is 5.14. The molecule has 124 valence electrons. The molecule has 0 saturated carbocycles. The molecular weight excluding hydrogens is 350 g/mol. The Hall–Kier alpha value is -2.30. The topological polar surface area (TPSA) is 37.3 Å². The van der Waals surface area contributed by atoms with Gasteiger partial charge in [0.25, 0.3) is 0 Å². The highest BCUT2D eigenvalue weighted by Crippen LogP contribution is 2.34. The van der Waals surface area contributed by atoms with E-state index >= 15 is 0 Å². The molecule has 0 atom stereocenters. The molecule has 0 unspecified atom stereocenters. The van der Waals surface area contributed by atoms with Gasteiger partial charge in [0.05, 0.1) is 6.54 Å². The molecule has 5 heteroatoms. The standard InChI is InChI=1S/C20H16ClN3S/c1-13-10-18(22-12-13)23-19-11-14-4-2-3-5-17(14)20(24-19)25-16-8-6-15(21)7-9-16/h2-11H,12H2,1H3,(H,22,23,24). The highest BCUT2D eigenvalue weighted by molar-refractivity contribution is 7.99. The van der Waals surface area contributed by atoms with E-state index in [9.17, 15) is 0 Å². The van der Waals surface area contributed by atoms with Gasteiger partial charge in [0.1, 0.15) is 16.7 Å². The fourth-order valence-corrected chi connectivity index (χ4v) is 3.73. The van der Waals surface area contributed by atoms with E-state index in [0.717, 1.165) is 43.9 Å². The van der Waals surface area contributed by atoms with Gasteiger partial charge >= 0.3 is 0 Å². The number of hydrogen-bond acceptors (Lipinski definition) is 4. The lowest BCUT2D eigenvalue weighted by Crippen LogP contribution is -2.08. The number of fused-ring (bicyclic) bond motifs is 1. The van der Waals surface area contributed by atoms with Gasteiger partial charge in [-0.05, 0) is 54.3 Å². The summed E-state index contributed by atoms with van der Waals surface area (Å²) in [6.07, 6.45) is 2.06. The van der Waals surface area contributed by atoms with E-state index in [4.69, 9.17) is 16.6 Å². The smallest absolute Gasteiger partial charge is 0.133 e. The number of aromatic nitrogens is 1. The molecule has 0 radical (unpaired) electrons. The number of benzene rings is 2. The Kier molecular flexibility index (Phi) is 4.47. The monoisotopic (exact) mass is 365 g/mol. The lowest BCUT2D eigenvalue weighted by Gasteiger charge is -2.10. The van der Waals surface area contributed by atoms with Gasteiger partial charge in [-0.25, -0.2) is 4.98 Å². The minimum atomic E-state index is 0.735. The highest BCUT2D eigenvalue weighted by atomic mass is 35.5. The van der Waals surface area contributed by atoms with Crippen LogP contribution in [0.15, 0.2) is 81.2 Å². The van der Waals surface area contributed by atoms with Crippen molar-refractivity contribution in [3.05, 3.63) is 71.3 Å². The minimum absolute atomic E-state index is 0.735. The molecule has 4 rings (SSSR count). The lowest BCUT2D eigenvalue weighted by molar-refractivity contribution is 1.16. The van der Waals surface area contributed by atoms with Crippen LogP contribution in [0.2, 0.25) is 5.02 Å². The minimum Gasteiger partial charge on any atom is -0.325 e. The predicted octanol–water partition coefficient (Wildman–Crippen LogP) is 5.81. The molecule has 1 aliphatic rings. The average molecular weight is 366 g/mol. The van der Waals surface area contributed by atoms with Crippen LogP contribution in [0.4, 0.5) is 5.82 Å². The van der Waals surface area contributed by atoms with Crippen LogP contribution in [0.3, 0.4) is 0 Å². The molecule has 0 bridgehead atoms. The predicted molar refractivity (Wildman–Crippen MR) is 107 cm³/mol. The fraction of sp³-hybridized carbons (Fsp3) is 0.100. The maximum Gasteiger partial charge on any atom is 0.133 e. The van der Waals surface area contributed by atoms with E-state index in [0.29, 0.717) is 0 Å². The average Bonchev–Trinajstić information content (AvgIpc) is 3.02. The van der Waals surface area contributed by atoms with Crippen molar-refractivity contribution in [1.82, 2.24) is 4.98 Å². The Morgan fingerprint density at radius 1 is 1.08 bits per heavy atom. The Morgan fingerprint density at radius 2 is 1.88 bits per heavy atom. The number of aliphatic imine (C=N–C) groups is 1. The molecule has 0 spiro atoms. The Morgan fingerprint density at radius 3 is 2.64 bits per heavy atom. The molecule has 3 aromatic rings. The van der Waals surface area contributed by atoms with Crippen LogP contribution < -0.4 is 5.32 Å². The molecule has 0 fully saturated rings. The quantitative estimate of drug-likeness (QED) is 0.636. The van der Waals surface area contributed by atoms with E-state index < -0.39 is 0 Å². The molecule has 0 aliphatic carbocycles. The van der Waals surface area contributed by atoms with E-state index in [1.54, 1.807) is 11.8 Å². The third kappa shape index (κ3) is 3.70. The fourth-order valence-electron chi connectivity index (χ4n) is 2.66. The summed E-state index contributed by atoms with van der Waals surface area (Å²) in [6.45, 7) is 2.83. The van der Waals surface area contributed by atoms with Crippen molar-refractivity contribution in [1.29, 1.82) is 0 Å². The van der Waals surface area contributed by atoms with E-state index in [1.165, 1.54) is 5.57 Å². The Balaban J connectivity index is 1.72. The van der Waals surface area contributed by atoms with Crippen LogP contribution in [0.25, 0.3) is 10.8 Å². The van der Waals surface area contributed by atoms with Gasteiger partial charge < -0.3 is 5.32 Å². The normalized spacial score (nSPS) is 13.7. The van der Waals surface area contributed by atoms with Crippen molar-refractivity contribution < 1.29 is 0 Å². The Labute approximate surface area is 155 Å². The van der Waals surface area contributed by atoms with Gasteiger partial charge in [-0.1, -0.05) is 47.6 Å². The Bertz CT molecular complexity index is 993. The van der Waals surface area contributed by atoms with Crippen LogP contribution in [0.5, 0.6) is 0 Å². The summed E-state index contributed by atoms with van der Waals surface area (Å²) < 4.78 is 0. The number of nitrogens with zero attached hydrogens (tertiary/aromatic N) is 2. The number of rotatable bonds is 3. The number of pyridine rings is 1. The summed E-state index contributed by atoms with van der Waals surface area (Å²) in [6, 6.07) is 18.2. The molecule has 2 aromatic carbocycles. The van der Waals surface area contributed by atoms with Gasteiger partial charge in [0.15, 0.2) is 0 Å². The van der Waals surface area contributed by atoms with Gasteiger partial charge in [-0.3, -0.25) is 4.99 Å². The SMILES string of the molecule is CC1=CC(Nc2cc3ccccc3c(Sc3ccc(Cl)cc3)n2)=NC1. The molecule has 1 aliphatic heterocycles. The van der Waals surface area contributed by atoms with Crippen molar-refractivity contribution in [2.45, 2.75) is 16.8 Å². The first-order valence-corrected chi connectivity index (χ1v) is 9.19. The molecule has 3 nitrogen and oxygen atoms in total. The third-order valence-electron chi connectivity index (χ3n) is 3.87. The van der Waals surface area contributed by atoms with E-state index in [-0.39, 0.29) is 0 Å². The van der Waals surface area contributed by atoms with E-state index in [2.05, 4.69) is 41.5 Å². The lowest BCUT2D eigenvalue weighted by atomic mass is 10.2. The summed E-state index contributed by atoms with van der Waals surface area (Å²) in [4.78, 5) is 10.4. The van der Waals surface area contributed by atoms with Crippen molar-refractivity contribution in [3.8, 4) is 0 Å². The van der Waals surface area contributed by atoms with E-state index in [1.807, 2.05) is 36.4 Å². The van der Waals surface area contributed by atoms with Crippen LogP contribution in [0.1, 0.15) is 6.92 Å². The first kappa shape index (κ1) is 16.2. The molecule has 0 saturated heterocycles. The zero-order valence-corrected chi connectivity index (χ0v) is 15.2. The first-order chi connectivity index (χ1) is 12.2. The zero-order chi connectivity index (χ0) is 17.2. The molecule has 2 heterocycles. The largest absolute Gasteiger partial charge is 0.325 e. The maximum atomic E-state index is 5.99. The van der Waals surface area contributed by atoms with Gasteiger partial charge in [-0.2, -0.15) is 0 Å². The number of amidine groups is 1. The summed E-state index contributed by atoms with van der Waals surface area (Å²) in [7, 11) is 0. The maximum absolute atomic E-state index is 5.99. The summed E-state index contributed by atoms with van der Waals surface area (Å²) in [5.74, 6) is 1.67. The van der Waals surface area contributed by atoms with Crippen LogP contribution in [-0.2, 0) is 0 Å². The number of anilines is 1. The van der Waals surface area contributed by atoms with Gasteiger partial charge in [-0.15, -0.1) is 0 Å². The molecule has 1 N–H and O–H groups in total. The van der Waals surface area contributed by atoms with Crippen molar-refractivity contribution in [2.24, 2.45) is 4.99 Å². The van der Waals surface area contributed by atoms with Crippen LogP contribution in [0, 0.1) is 0 Å². The first-order valence-electron chi connectivity index (χ1n) is 7.99. The summed E-state index contributed by atoms with van der Waals surface area (Å²) in [5, 5.41) is 7.30. The second kappa shape index (κ2) is 6.90. The van der Waals surface area contributed by atoms with Crippen molar-refractivity contribution in [2.75, 3.05) is 11.9 Å². The second-order valence-corrected chi connectivity index (χ2v) is 7.41. The number of halogens is 1.